The molecule has 0 bridgehead atoms. The first-order chi connectivity index (χ1) is 12.4. The van der Waals surface area contributed by atoms with Crippen molar-refractivity contribution < 1.29 is 23.1 Å². The van der Waals surface area contributed by atoms with Gasteiger partial charge in [0.05, 0.1) is 6.42 Å². The van der Waals surface area contributed by atoms with Gasteiger partial charge in [-0.2, -0.15) is 0 Å². The Kier molecular flexibility index (Phi) is 4.72. The van der Waals surface area contributed by atoms with Crippen LogP contribution < -0.4 is 4.72 Å². The average molecular weight is 373 g/mol. The number of benzene rings is 1. The second-order valence-electron chi connectivity index (χ2n) is 5.56. The van der Waals surface area contributed by atoms with Crippen molar-refractivity contribution in [1.82, 2.24) is 9.97 Å². The Labute approximate surface area is 148 Å². The van der Waals surface area contributed by atoms with Crippen molar-refractivity contribution in [1.29, 1.82) is 0 Å². The van der Waals surface area contributed by atoms with Crippen LogP contribution in [0.4, 0.5) is 5.69 Å². The molecule has 0 radical (unpaired) electrons. The maximum absolute atomic E-state index is 12.7. The van der Waals surface area contributed by atoms with E-state index in [2.05, 4.69) is 14.7 Å². The number of sulfonamides is 1. The van der Waals surface area contributed by atoms with E-state index in [4.69, 9.17) is 5.11 Å². The number of H-pyrrole nitrogens is 1. The molecular formula is C17H15N3O5S. The van der Waals surface area contributed by atoms with Gasteiger partial charge in [0.25, 0.3) is 10.0 Å². The van der Waals surface area contributed by atoms with Crippen LogP contribution in [-0.2, 0) is 14.8 Å². The van der Waals surface area contributed by atoms with E-state index < -0.39 is 16.0 Å². The molecule has 0 aliphatic heterocycles. The molecular weight excluding hydrogens is 358 g/mol. The molecule has 0 fully saturated rings. The second kappa shape index (κ2) is 6.96. The maximum atomic E-state index is 12.7. The van der Waals surface area contributed by atoms with Gasteiger partial charge in [0.15, 0.2) is 5.78 Å². The normalized spacial score (nSPS) is 11.4. The molecule has 0 saturated heterocycles. The largest absolute Gasteiger partial charge is 0.481 e. The van der Waals surface area contributed by atoms with Crippen LogP contribution in [0.1, 0.15) is 23.2 Å². The number of aromatic nitrogens is 2. The Morgan fingerprint density at radius 1 is 1.15 bits per heavy atom. The van der Waals surface area contributed by atoms with Gasteiger partial charge in [-0.05, 0) is 24.3 Å². The van der Waals surface area contributed by atoms with E-state index in [-0.39, 0.29) is 34.8 Å². The van der Waals surface area contributed by atoms with Crippen molar-refractivity contribution >= 4 is 38.5 Å². The summed E-state index contributed by atoms with van der Waals surface area (Å²) in [6.45, 7) is 0. The van der Waals surface area contributed by atoms with Crippen molar-refractivity contribution in [3.63, 3.8) is 0 Å². The van der Waals surface area contributed by atoms with E-state index >= 15 is 0 Å². The standard InChI is InChI=1S/C17H15N3O5S/c21-14(6-7-16(22)23)11-3-1-4-12(9-11)20-26(24,25)15-10-19-17-13(15)5-2-8-18-17/h1-5,8-10,20H,6-7H2,(H,18,19)(H,22,23). The molecule has 3 aromatic rings. The number of rotatable bonds is 7. The summed E-state index contributed by atoms with van der Waals surface area (Å²) in [5.74, 6) is -1.44. The number of aliphatic carboxylic acids is 1. The Balaban J connectivity index is 1.85. The molecule has 0 aliphatic carbocycles. The minimum absolute atomic E-state index is 0.0446. The molecule has 0 spiro atoms. The molecule has 1 aromatic carbocycles. The number of carboxylic acids is 1. The topological polar surface area (TPSA) is 129 Å². The molecule has 0 atom stereocenters. The van der Waals surface area contributed by atoms with Gasteiger partial charge in [-0.3, -0.25) is 14.3 Å². The summed E-state index contributed by atoms with van der Waals surface area (Å²) in [6, 6.07) is 9.21. The number of pyridine rings is 1. The summed E-state index contributed by atoms with van der Waals surface area (Å²) in [5, 5.41) is 9.11. The molecule has 0 unspecified atom stereocenters. The lowest BCUT2D eigenvalue weighted by Crippen LogP contribution is -2.13. The number of aromatic amines is 1. The third-order valence-electron chi connectivity index (χ3n) is 3.71. The molecule has 0 saturated carbocycles. The number of carboxylic acid groups (broad SMARTS) is 1. The number of hydrogen-bond donors (Lipinski definition) is 3. The van der Waals surface area contributed by atoms with Crippen molar-refractivity contribution in [2.75, 3.05) is 4.72 Å². The minimum atomic E-state index is -3.89. The lowest BCUT2D eigenvalue weighted by molar-refractivity contribution is -0.136. The highest BCUT2D eigenvalue weighted by Crippen LogP contribution is 2.24. The van der Waals surface area contributed by atoms with Gasteiger partial charge in [0.1, 0.15) is 10.5 Å². The van der Waals surface area contributed by atoms with Crippen molar-refractivity contribution in [2.45, 2.75) is 17.7 Å². The summed E-state index contributed by atoms with van der Waals surface area (Å²) < 4.78 is 27.7. The van der Waals surface area contributed by atoms with Crippen LogP contribution in [0, 0.1) is 0 Å². The van der Waals surface area contributed by atoms with Crippen molar-refractivity contribution in [3.8, 4) is 0 Å². The Morgan fingerprint density at radius 3 is 2.73 bits per heavy atom. The second-order valence-corrected chi connectivity index (χ2v) is 7.21. The van der Waals surface area contributed by atoms with Gasteiger partial charge >= 0.3 is 5.97 Å². The van der Waals surface area contributed by atoms with Gasteiger partial charge < -0.3 is 10.1 Å². The predicted molar refractivity (Wildman–Crippen MR) is 94.5 cm³/mol. The highest BCUT2D eigenvalue weighted by molar-refractivity contribution is 7.93. The number of carbonyl (C=O) groups is 2. The van der Waals surface area contributed by atoms with E-state index in [1.54, 1.807) is 18.3 Å². The molecule has 3 rings (SSSR count). The average Bonchev–Trinajstić information content (AvgIpc) is 3.04. The van der Waals surface area contributed by atoms with Gasteiger partial charge in [-0.25, -0.2) is 13.4 Å². The first kappa shape index (κ1) is 17.6. The maximum Gasteiger partial charge on any atom is 0.303 e. The number of ketones is 1. The third kappa shape index (κ3) is 3.72. The van der Waals surface area contributed by atoms with Crippen LogP contribution in [0.15, 0.2) is 53.7 Å². The third-order valence-corrected chi connectivity index (χ3v) is 5.13. The molecule has 9 heteroatoms. The summed E-state index contributed by atoms with van der Waals surface area (Å²) in [5.41, 5.74) is 0.905. The number of anilines is 1. The van der Waals surface area contributed by atoms with E-state index in [1.807, 2.05) is 0 Å². The number of fused-ring (bicyclic) bond motifs is 1. The summed E-state index contributed by atoms with van der Waals surface area (Å²) in [6.07, 6.45) is 2.47. The van der Waals surface area contributed by atoms with Crippen LogP contribution in [0.25, 0.3) is 11.0 Å². The van der Waals surface area contributed by atoms with Crippen molar-refractivity contribution in [2.24, 2.45) is 0 Å². The first-order valence-electron chi connectivity index (χ1n) is 7.67. The molecule has 26 heavy (non-hydrogen) atoms. The zero-order chi connectivity index (χ0) is 18.7. The molecule has 0 amide bonds. The number of Topliss-reactive ketones (excluding diaryl/α,β-unsaturated/α-hetero) is 1. The van der Waals surface area contributed by atoms with Gasteiger partial charge in [0, 0.05) is 35.5 Å². The summed E-state index contributed by atoms with van der Waals surface area (Å²) in [4.78, 5) is 29.5. The highest BCUT2D eigenvalue weighted by atomic mass is 32.2. The van der Waals surface area contributed by atoms with Crippen LogP contribution in [0.5, 0.6) is 0 Å². The SMILES string of the molecule is O=C(O)CCC(=O)c1cccc(NS(=O)(=O)c2c[nH]c3ncccc23)c1. The number of nitrogens with one attached hydrogen (secondary N) is 2. The van der Waals surface area contributed by atoms with Crippen molar-refractivity contribution in [3.05, 3.63) is 54.4 Å². The lowest BCUT2D eigenvalue weighted by Gasteiger charge is -2.08. The summed E-state index contributed by atoms with van der Waals surface area (Å²) >= 11 is 0. The van der Waals surface area contributed by atoms with E-state index in [1.165, 1.54) is 30.5 Å². The fourth-order valence-corrected chi connectivity index (χ4v) is 3.70. The van der Waals surface area contributed by atoms with E-state index in [0.29, 0.717) is 11.0 Å². The van der Waals surface area contributed by atoms with Gasteiger partial charge in [-0.1, -0.05) is 12.1 Å². The highest BCUT2D eigenvalue weighted by Gasteiger charge is 2.20. The molecule has 2 aromatic heterocycles. The van der Waals surface area contributed by atoms with E-state index in [0.717, 1.165) is 0 Å². The quantitative estimate of drug-likeness (QED) is 0.545. The number of carbonyl (C=O) groups excluding carboxylic acids is 1. The molecule has 0 aliphatic rings. The smallest absolute Gasteiger partial charge is 0.303 e. The minimum Gasteiger partial charge on any atom is -0.481 e. The van der Waals surface area contributed by atoms with Crippen LogP contribution in [0.3, 0.4) is 0 Å². The number of nitrogens with zero attached hydrogens (tertiary/aromatic N) is 1. The zero-order valence-electron chi connectivity index (χ0n) is 13.5. The predicted octanol–water partition coefficient (Wildman–Crippen LogP) is 2.41. The fraction of sp³-hybridized carbons (Fsp3) is 0.118. The monoisotopic (exact) mass is 373 g/mol. The van der Waals surface area contributed by atoms with Gasteiger partial charge in [-0.15, -0.1) is 0 Å². The fourth-order valence-electron chi connectivity index (χ4n) is 2.48. The zero-order valence-corrected chi connectivity index (χ0v) is 14.3. The first-order valence-corrected chi connectivity index (χ1v) is 9.15. The lowest BCUT2D eigenvalue weighted by atomic mass is 10.1. The Bertz CT molecular complexity index is 1090. The van der Waals surface area contributed by atoms with Crippen LogP contribution >= 0.6 is 0 Å². The van der Waals surface area contributed by atoms with Gasteiger partial charge in [0.2, 0.25) is 0 Å². The molecule has 8 nitrogen and oxygen atoms in total. The molecule has 3 N–H and O–H groups in total. The molecule has 134 valence electrons. The van der Waals surface area contributed by atoms with E-state index in [9.17, 15) is 18.0 Å². The van der Waals surface area contributed by atoms with Crippen LogP contribution in [0.2, 0.25) is 0 Å². The molecule has 2 heterocycles. The Hall–Kier alpha value is -3.20. The summed E-state index contributed by atoms with van der Waals surface area (Å²) in [7, 11) is -3.89. The number of hydrogen-bond acceptors (Lipinski definition) is 5. The Morgan fingerprint density at radius 2 is 1.96 bits per heavy atom. The van der Waals surface area contributed by atoms with Crippen LogP contribution in [-0.4, -0.2) is 35.2 Å².